The molecule has 0 saturated carbocycles. The van der Waals surface area contributed by atoms with Gasteiger partial charge in [0.1, 0.15) is 5.82 Å². The van der Waals surface area contributed by atoms with E-state index in [0.717, 1.165) is 17.3 Å². The first-order valence-electron chi connectivity index (χ1n) is 6.41. The van der Waals surface area contributed by atoms with Crippen LogP contribution in [-0.2, 0) is 0 Å². The molecule has 1 N–H and O–H groups in total. The summed E-state index contributed by atoms with van der Waals surface area (Å²) in [6, 6.07) is 5.61. The van der Waals surface area contributed by atoms with Crippen molar-refractivity contribution in [2.75, 3.05) is 12.3 Å². The maximum Gasteiger partial charge on any atom is 0.188 e. The van der Waals surface area contributed by atoms with Gasteiger partial charge in [-0.3, -0.25) is 4.79 Å². The Balaban J connectivity index is 2.76. The lowest BCUT2D eigenvalue weighted by atomic mass is 10.1. The van der Waals surface area contributed by atoms with Crippen LogP contribution >= 0.6 is 11.8 Å². The van der Waals surface area contributed by atoms with Crippen LogP contribution < -0.4 is 5.32 Å². The van der Waals surface area contributed by atoms with Gasteiger partial charge in [0.05, 0.1) is 5.03 Å². The minimum Gasteiger partial charge on any atom is -0.379 e. The Hall–Kier alpha value is -1.29. The number of halogens is 1. The molecule has 104 valence electrons. The molecule has 0 heterocycles. The summed E-state index contributed by atoms with van der Waals surface area (Å²) in [6.07, 6.45) is 1.59. The quantitative estimate of drug-likeness (QED) is 0.608. The number of allylic oxidation sites excluding steroid dienone is 1. The van der Waals surface area contributed by atoms with Gasteiger partial charge in [0, 0.05) is 18.2 Å². The lowest BCUT2D eigenvalue weighted by Crippen LogP contribution is -2.18. The van der Waals surface area contributed by atoms with Gasteiger partial charge in [0.2, 0.25) is 0 Å². The van der Waals surface area contributed by atoms with E-state index in [2.05, 4.69) is 19.2 Å². The zero-order valence-electron chi connectivity index (χ0n) is 11.6. The fourth-order valence-electron chi connectivity index (χ4n) is 1.42. The average Bonchev–Trinajstić information content (AvgIpc) is 2.37. The van der Waals surface area contributed by atoms with E-state index in [1.54, 1.807) is 17.8 Å². The second-order valence-electron chi connectivity index (χ2n) is 4.59. The molecule has 0 radical (unpaired) electrons. The van der Waals surface area contributed by atoms with Crippen LogP contribution in [0.1, 0.15) is 31.1 Å². The lowest BCUT2D eigenvalue weighted by molar-refractivity contribution is 0.104. The van der Waals surface area contributed by atoms with Crippen molar-refractivity contribution in [2.45, 2.75) is 20.8 Å². The third-order valence-corrected chi connectivity index (χ3v) is 3.24. The van der Waals surface area contributed by atoms with Crippen molar-refractivity contribution in [2.24, 2.45) is 5.92 Å². The molecule has 0 bridgehead atoms. The lowest BCUT2D eigenvalue weighted by Gasteiger charge is -2.11. The molecular formula is C15H20FNOS. The van der Waals surface area contributed by atoms with Crippen molar-refractivity contribution < 1.29 is 9.18 Å². The Kier molecular flexibility index (Phi) is 6.64. The molecule has 0 unspecified atom stereocenters. The Morgan fingerprint density at radius 2 is 2.00 bits per heavy atom. The number of benzene rings is 1. The molecule has 0 amide bonds. The fourth-order valence-corrected chi connectivity index (χ4v) is 2.11. The highest BCUT2D eigenvalue weighted by atomic mass is 32.2. The van der Waals surface area contributed by atoms with Crippen molar-refractivity contribution in [3.05, 3.63) is 46.8 Å². The molecule has 0 saturated heterocycles. The first-order valence-corrected chi connectivity index (χ1v) is 7.39. The molecule has 1 aromatic rings. The summed E-state index contributed by atoms with van der Waals surface area (Å²) in [5.41, 5.74) is 0.502. The van der Waals surface area contributed by atoms with Gasteiger partial charge in [-0.1, -0.05) is 20.8 Å². The summed E-state index contributed by atoms with van der Waals surface area (Å²) in [5, 5.41) is 4.13. The van der Waals surface area contributed by atoms with Gasteiger partial charge in [-0.15, -0.1) is 11.8 Å². The van der Waals surface area contributed by atoms with Crippen LogP contribution in [0.4, 0.5) is 4.39 Å². The van der Waals surface area contributed by atoms with Gasteiger partial charge in [0.25, 0.3) is 0 Å². The van der Waals surface area contributed by atoms with Crippen molar-refractivity contribution in [3.63, 3.8) is 0 Å². The molecule has 0 aliphatic carbocycles. The number of carbonyl (C=O) groups excluding carboxylic acids is 1. The number of nitrogens with one attached hydrogen (secondary N) is 1. The summed E-state index contributed by atoms with van der Waals surface area (Å²) in [6.45, 7) is 7.10. The Morgan fingerprint density at radius 1 is 1.37 bits per heavy atom. The van der Waals surface area contributed by atoms with Crippen molar-refractivity contribution >= 4 is 17.5 Å². The monoisotopic (exact) mass is 281 g/mol. The molecule has 0 aromatic heterocycles. The smallest absolute Gasteiger partial charge is 0.188 e. The van der Waals surface area contributed by atoms with E-state index in [-0.39, 0.29) is 11.6 Å². The van der Waals surface area contributed by atoms with E-state index >= 15 is 0 Å². The Morgan fingerprint density at radius 3 is 2.53 bits per heavy atom. The average molecular weight is 281 g/mol. The minimum atomic E-state index is -0.332. The SMILES string of the molecule is CCS/C(=C/C(=O)c1ccc(F)cc1)NCC(C)C. The summed E-state index contributed by atoms with van der Waals surface area (Å²) in [7, 11) is 0. The van der Waals surface area contributed by atoms with Gasteiger partial charge in [0.15, 0.2) is 5.78 Å². The Labute approximate surface area is 118 Å². The standard InChI is InChI=1S/C15H20FNOS/c1-4-19-15(17-10-11(2)3)9-14(18)12-5-7-13(16)8-6-12/h5-9,11,17H,4,10H2,1-3H3/b15-9+. The van der Waals surface area contributed by atoms with Crippen LogP contribution in [0.3, 0.4) is 0 Å². The number of hydrogen-bond acceptors (Lipinski definition) is 3. The summed E-state index contributed by atoms with van der Waals surface area (Å²) in [4.78, 5) is 12.0. The molecule has 0 fully saturated rings. The van der Waals surface area contributed by atoms with E-state index in [1.807, 2.05) is 6.92 Å². The van der Waals surface area contributed by atoms with Crippen LogP contribution in [0.5, 0.6) is 0 Å². The zero-order valence-corrected chi connectivity index (χ0v) is 12.4. The van der Waals surface area contributed by atoms with Crippen LogP contribution in [0.15, 0.2) is 35.4 Å². The molecule has 0 aliphatic rings. The molecule has 0 atom stereocenters. The molecule has 19 heavy (non-hydrogen) atoms. The van der Waals surface area contributed by atoms with Gasteiger partial charge < -0.3 is 5.32 Å². The molecule has 1 aromatic carbocycles. The van der Waals surface area contributed by atoms with Gasteiger partial charge in [-0.2, -0.15) is 0 Å². The van der Waals surface area contributed by atoms with E-state index < -0.39 is 0 Å². The maximum atomic E-state index is 12.8. The van der Waals surface area contributed by atoms with E-state index in [0.29, 0.717) is 11.5 Å². The number of carbonyl (C=O) groups is 1. The van der Waals surface area contributed by atoms with Crippen LogP contribution in [0.25, 0.3) is 0 Å². The highest BCUT2D eigenvalue weighted by Crippen LogP contribution is 2.14. The fraction of sp³-hybridized carbons (Fsp3) is 0.400. The first kappa shape index (κ1) is 15.8. The first-order chi connectivity index (χ1) is 9.02. The molecule has 2 nitrogen and oxygen atoms in total. The summed E-state index contributed by atoms with van der Waals surface area (Å²) < 4.78 is 12.8. The zero-order chi connectivity index (χ0) is 14.3. The highest BCUT2D eigenvalue weighted by Gasteiger charge is 2.06. The van der Waals surface area contributed by atoms with Crippen LogP contribution in [0, 0.1) is 11.7 Å². The summed E-state index contributed by atoms with van der Waals surface area (Å²) >= 11 is 1.60. The van der Waals surface area contributed by atoms with Crippen molar-refractivity contribution in [3.8, 4) is 0 Å². The van der Waals surface area contributed by atoms with Gasteiger partial charge >= 0.3 is 0 Å². The topological polar surface area (TPSA) is 29.1 Å². The Bertz CT molecular complexity index is 440. The number of rotatable bonds is 7. The molecule has 0 aliphatic heterocycles. The molecule has 1 rings (SSSR count). The van der Waals surface area contributed by atoms with Gasteiger partial charge in [-0.05, 0) is 35.9 Å². The number of thioether (sulfide) groups is 1. The second kappa shape index (κ2) is 8.00. The summed E-state index contributed by atoms with van der Waals surface area (Å²) in [5.74, 6) is 0.976. The van der Waals surface area contributed by atoms with Crippen molar-refractivity contribution in [1.82, 2.24) is 5.32 Å². The van der Waals surface area contributed by atoms with E-state index in [1.165, 1.54) is 24.3 Å². The van der Waals surface area contributed by atoms with Crippen LogP contribution in [0.2, 0.25) is 0 Å². The maximum absolute atomic E-state index is 12.8. The normalized spacial score (nSPS) is 11.7. The molecule has 0 spiro atoms. The van der Waals surface area contributed by atoms with E-state index in [9.17, 15) is 9.18 Å². The third kappa shape index (κ3) is 5.92. The third-order valence-electron chi connectivity index (χ3n) is 2.38. The largest absolute Gasteiger partial charge is 0.379 e. The van der Waals surface area contributed by atoms with Crippen molar-refractivity contribution in [1.29, 1.82) is 0 Å². The van der Waals surface area contributed by atoms with E-state index in [4.69, 9.17) is 0 Å². The highest BCUT2D eigenvalue weighted by molar-refractivity contribution is 8.03. The predicted molar refractivity (Wildman–Crippen MR) is 79.8 cm³/mol. The number of ketones is 1. The number of hydrogen-bond donors (Lipinski definition) is 1. The molecule has 4 heteroatoms. The minimum absolute atomic E-state index is 0.104. The predicted octanol–water partition coefficient (Wildman–Crippen LogP) is 3.85. The van der Waals surface area contributed by atoms with Gasteiger partial charge in [-0.25, -0.2) is 4.39 Å². The second-order valence-corrected chi connectivity index (χ2v) is 5.89. The van der Waals surface area contributed by atoms with Crippen LogP contribution in [-0.4, -0.2) is 18.1 Å². The molecular weight excluding hydrogens is 261 g/mol.